The lowest BCUT2D eigenvalue weighted by molar-refractivity contribution is -0.620. The first kappa shape index (κ1) is 27.2. The quantitative estimate of drug-likeness (QED) is 0.185. The first-order chi connectivity index (χ1) is 18.2. The Kier molecular flexibility index (Phi) is 10.5. The van der Waals surface area contributed by atoms with E-state index in [1.807, 2.05) is 22.8 Å². The van der Waals surface area contributed by atoms with Gasteiger partial charge in [0.25, 0.3) is 0 Å². The Bertz CT molecular complexity index is 1130. The van der Waals surface area contributed by atoms with Crippen LogP contribution in [0, 0.1) is 11.8 Å². The summed E-state index contributed by atoms with van der Waals surface area (Å²) >= 11 is 0. The van der Waals surface area contributed by atoms with Crippen molar-refractivity contribution < 1.29 is 29.7 Å². The minimum atomic E-state index is -0.0235. The third-order valence-electron chi connectivity index (χ3n) is 6.75. The molecule has 1 N–H and O–H groups in total. The van der Waals surface area contributed by atoms with Gasteiger partial charge in [-0.3, -0.25) is 0 Å². The van der Waals surface area contributed by atoms with Gasteiger partial charge < -0.3 is 14.4 Å². The molecule has 2 aromatic heterocycles. The lowest BCUT2D eigenvalue weighted by Crippen LogP contribution is -2.42. The summed E-state index contributed by atoms with van der Waals surface area (Å²) in [6, 6.07) is 16.9. The molecule has 1 saturated heterocycles. The van der Waals surface area contributed by atoms with Gasteiger partial charge in [0.05, 0.1) is 30.0 Å². The maximum absolute atomic E-state index is 7.47. The van der Waals surface area contributed by atoms with Gasteiger partial charge in [-0.2, -0.15) is 9.99 Å². The van der Waals surface area contributed by atoms with Gasteiger partial charge in [-0.15, -0.1) is 5.92 Å². The van der Waals surface area contributed by atoms with E-state index in [9.17, 15) is 0 Å². The van der Waals surface area contributed by atoms with Crippen molar-refractivity contribution in [2.24, 2.45) is 0 Å². The molecule has 198 valence electrons. The highest BCUT2D eigenvalue weighted by molar-refractivity contribution is 5.46. The number of aromatic nitrogens is 2. The number of hydrogen-bond donors (Lipinski definition) is 1. The predicted molar refractivity (Wildman–Crippen MR) is 137 cm³/mol. The van der Waals surface area contributed by atoms with Crippen molar-refractivity contribution in [1.82, 2.24) is 14.5 Å². The van der Waals surface area contributed by atoms with Crippen molar-refractivity contribution in [3.63, 3.8) is 0 Å². The number of unbranched alkanes of at least 4 members (excludes halogenated alkanes) is 1. The fourth-order valence-electron chi connectivity index (χ4n) is 4.86. The molecular formula is C28H35N3O6. The van der Waals surface area contributed by atoms with Crippen molar-refractivity contribution in [2.45, 2.75) is 51.4 Å². The zero-order valence-electron chi connectivity index (χ0n) is 21.3. The second kappa shape index (κ2) is 14.2. The topological polar surface area (TPSA) is 86.9 Å². The first-order valence-corrected chi connectivity index (χ1v) is 12.7. The van der Waals surface area contributed by atoms with Gasteiger partial charge in [0.15, 0.2) is 0 Å². The smallest absolute Gasteiger partial charge is 0.146 e. The molecule has 9 nitrogen and oxygen atoms in total. The Hall–Kier alpha value is -2.81. The molecule has 4 heterocycles. The van der Waals surface area contributed by atoms with E-state index >= 15 is 0 Å². The molecule has 2 aliphatic heterocycles. The second-order valence-electron chi connectivity index (χ2n) is 9.08. The Morgan fingerprint density at radius 2 is 1.95 bits per heavy atom. The van der Waals surface area contributed by atoms with Gasteiger partial charge in [-0.25, -0.2) is 9.77 Å². The third-order valence-corrected chi connectivity index (χ3v) is 6.75. The van der Waals surface area contributed by atoms with Crippen LogP contribution in [0.4, 0.5) is 0 Å². The SMILES string of the molecule is CC#CCOOOO.c1ccc2c(c1)COC21CCN(CCCCOCc2cc3ccccn3n2)CC1. The Labute approximate surface area is 217 Å². The molecule has 0 unspecified atom stereocenters. The number of pyridine rings is 1. The number of nitrogens with zero attached hydrogens (tertiary/aromatic N) is 3. The van der Waals surface area contributed by atoms with Crippen LogP contribution in [-0.2, 0) is 43.3 Å². The van der Waals surface area contributed by atoms with Crippen molar-refractivity contribution in [3.05, 3.63) is 71.5 Å². The first-order valence-electron chi connectivity index (χ1n) is 12.7. The van der Waals surface area contributed by atoms with Crippen LogP contribution in [0.15, 0.2) is 54.7 Å². The number of likely N-dealkylation sites (tertiary alicyclic amines) is 1. The molecule has 1 fully saturated rings. The van der Waals surface area contributed by atoms with Crippen molar-refractivity contribution >= 4 is 5.52 Å². The molecule has 0 amide bonds. The van der Waals surface area contributed by atoms with E-state index < -0.39 is 0 Å². The van der Waals surface area contributed by atoms with Gasteiger partial charge >= 0.3 is 0 Å². The number of rotatable bonds is 10. The van der Waals surface area contributed by atoms with Crippen LogP contribution in [-0.4, -0.2) is 52.6 Å². The van der Waals surface area contributed by atoms with Gasteiger partial charge in [0, 0.05) is 25.9 Å². The molecule has 37 heavy (non-hydrogen) atoms. The molecule has 1 aromatic carbocycles. The van der Waals surface area contributed by atoms with E-state index in [0.29, 0.717) is 6.61 Å². The van der Waals surface area contributed by atoms with Crippen molar-refractivity contribution in [3.8, 4) is 11.8 Å². The van der Waals surface area contributed by atoms with Crippen LogP contribution >= 0.6 is 0 Å². The van der Waals surface area contributed by atoms with Crippen LogP contribution in [0.3, 0.4) is 0 Å². The molecule has 2 aliphatic rings. The van der Waals surface area contributed by atoms with Crippen molar-refractivity contribution in [2.75, 3.05) is 32.8 Å². The number of hydrogen-bond acceptors (Lipinski definition) is 8. The predicted octanol–water partition coefficient (Wildman–Crippen LogP) is 4.52. The molecular weight excluding hydrogens is 474 g/mol. The van der Waals surface area contributed by atoms with Gasteiger partial charge in [0.1, 0.15) is 6.61 Å². The highest BCUT2D eigenvalue weighted by Crippen LogP contribution is 2.43. The number of benzene rings is 1. The Balaban J connectivity index is 0.000000349. The van der Waals surface area contributed by atoms with E-state index in [1.54, 1.807) is 6.92 Å². The lowest BCUT2D eigenvalue weighted by atomic mass is 9.84. The highest BCUT2D eigenvalue weighted by Gasteiger charge is 2.42. The van der Waals surface area contributed by atoms with Gasteiger partial charge in [-0.1, -0.05) is 36.3 Å². The average Bonchev–Trinajstić information content (AvgIpc) is 3.52. The Morgan fingerprint density at radius 1 is 1.11 bits per heavy atom. The molecule has 0 aliphatic carbocycles. The lowest BCUT2D eigenvalue weighted by Gasteiger charge is -2.39. The van der Waals surface area contributed by atoms with Crippen molar-refractivity contribution in [1.29, 1.82) is 0 Å². The minimum Gasteiger partial charge on any atom is -0.375 e. The standard InChI is InChI=1S/C24H29N3O2.C4H6O4/c1-2-9-23-20(7-1)18-29-24(23)10-14-26(15-11-24)12-5-6-16-28-19-21-17-22-8-3-4-13-27(22)25-21;1-2-3-4-6-8-7-5/h1-4,7-9,13,17H,5-6,10-12,14-16,18-19H2;5H,4H2,1H3. The fourth-order valence-corrected chi connectivity index (χ4v) is 4.86. The third kappa shape index (κ3) is 7.60. The summed E-state index contributed by atoms with van der Waals surface area (Å²) < 4.78 is 14.0. The molecule has 0 radical (unpaired) electrons. The molecule has 0 saturated carbocycles. The summed E-state index contributed by atoms with van der Waals surface area (Å²) in [5.74, 6) is 5.03. The van der Waals surface area contributed by atoms with Crippen LogP contribution in [0.2, 0.25) is 0 Å². The summed E-state index contributed by atoms with van der Waals surface area (Å²) in [6.45, 7) is 7.29. The maximum Gasteiger partial charge on any atom is 0.146 e. The number of fused-ring (bicyclic) bond motifs is 3. The van der Waals surface area contributed by atoms with E-state index in [4.69, 9.17) is 14.7 Å². The van der Waals surface area contributed by atoms with Crippen LogP contribution < -0.4 is 0 Å². The normalized spacial score (nSPS) is 16.2. The van der Waals surface area contributed by atoms with Gasteiger partial charge in [-0.05, 0) is 78.6 Å². The minimum absolute atomic E-state index is 0.0235. The Morgan fingerprint density at radius 3 is 2.76 bits per heavy atom. The number of piperidine rings is 1. The van der Waals surface area contributed by atoms with E-state index in [2.05, 4.69) is 73.2 Å². The average molecular weight is 510 g/mol. The maximum atomic E-state index is 7.47. The summed E-state index contributed by atoms with van der Waals surface area (Å²) in [7, 11) is 0. The highest BCUT2D eigenvalue weighted by atomic mass is 17.6. The summed E-state index contributed by atoms with van der Waals surface area (Å²) in [5.41, 5.74) is 4.89. The molecule has 3 aromatic rings. The fraction of sp³-hybridized carbons (Fsp3) is 0.464. The van der Waals surface area contributed by atoms with E-state index in [1.165, 1.54) is 17.5 Å². The molecule has 0 atom stereocenters. The summed E-state index contributed by atoms with van der Waals surface area (Å²) in [5, 5.41) is 18.7. The van der Waals surface area contributed by atoms with Gasteiger partial charge in [0.2, 0.25) is 0 Å². The summed E-state index contributed by atoms with van der Waals surface area (Å²) in [4.78, 5) is 6.66. The summed E-state index contributed by atoms with van der Waals surface area (Å²) in [6.07, 6.45) is 6.45. The molecule has 0 bridgehead atoms. The van der Waals surface area contributed by atoms with Crippen LogP contribution in [0.1, 0.15) is 49.4 Å². The zero-order chi connectivity index (χ0) is 25.8. The zero-order valence-corrected chi connectivity index (χ0v) is 21.3. The van der Waals surface area contributed by atoms with E-state index in [-0.39, 0.29) is 12.2 Å². The monoisotopic (exact) mass is 509 g/mol. The number of ether oxygens (including phenoxy) is 2. The molecule has 1 spiro atoms. The van der Waals surface area contributed by atoms with Crippen LogP contribution in [0.5, 0.6) is 0 Å². The molecule has 9 heteroatoms. The largest absolute Gasteiger partial charge is 0.375 e. The van der Waals surface area contributed by atoms with Crippen LogP contribution in [0.25, 0.3) is 5.52 Å². The molecule has 5 rings (SSSR count). The van der Waals surface area contributed by atoms with E-state index in [0.717, 1.165) is 63.3 Å². The second-order valence-corrected chi connectivity index (χ2v) is 9.08.